The lowest BCUT2D eigenvalue weighted by atomic mass is 9.93. The number of hydrogen-bond acceptors (Lipinski definition) is 3. The van der Waals surface area contributed by atoms with E-state index in [-0.39, 0.29) is 12.1 Å². The second kappa shape index (κ2) is 7.88. The monoisotopic (exact) mass is 324 g/mol. The summed E-state index contributed by atoms with van der Waals surface area (Å²) < 4.78 is 5.01. The molecule has 23 heavy (non-hydrogen) atoms. The molecule has 1 atom stereocenters. The highest BCUT2D eigenvalue weighted by Crippen LogP contribution is 2.33. The van der Waals surface area contributed by atoms with Gasteiger partial charge in [0.2, 0.25) is 0 Å². The first kappa shape index (κ1) is 17.9. The third kappa shape index (κ3) is 5.59. The molecule has 0 aromatic rings. The number of alkyl carbamates (subject to hydrolysis) is 1. The number of likely N-dealkylation sites (tertiary alicyclic amines) is 1. The average molecular weight is 324 g/mol. The van der Waals surface area contributed by atoms with Gasteiger partial charge in [-0.25, -0.2) is 4.79 Å². The van der Waals surface area contributed by atoms with Gasteiger partial charge in [-0.1, -0.05) is 13.8 Å². The summed E-state index contributed by atoms with van der Waals surface area (Å²) in [6.07, 6.45) is 3.19. The Morgan fingerprint density at radius 2 is 2.13 bits per heavy atom. The van der Waals surface area contributed by atoms with Crippen LogP contribution in [-0.4, -0.2) is 55.8 Å². The minimum Gasteiger partial charge on any atom is -0.450 e. The highest BCUT2D eigenvalue weighted by atomic mass is 16.5. The van der Waals surface area contributed by atoms with E-state index in [1.165, 1.54) is 19.3 Å². The van der Waals surface area contributed by atoms with Gasteiger partial charge >= 0.3 is 6.09 Å². The second-order valence-corrected chi connectivity index (χ2v) is 7.34. The highest BCUT2D eigenvalue weighted by molar-refractivity contribution is 5.80. The number of ether oxygens (including phenoxy) is 1. The van der Waals surface area contributed by atoms with Gasteiger partial charge in [0.1, 0.15) is 0 Å². The van der Waals surface area contributed by atoms with E-state index in [2.05, 4.69) is 36.3 Å². The molecule has 2 fully saturated rings. The predicted octanol–water partition coefficient (Wildman–Crippen LogP) is 2.21. The van der Waals surface area contributed by atoms with Crippen LogP contribution >= 0.6 is 0 Å². The summed E-state index contributed by atoms with van der Waals surface area (Å²) in [6, 6.07) is 0.0818. The number of nitrogens with one attached hydrogen (secondary N) is 2. The van der Waals surface area contributed by atoms with Gasteiger partial charge in [0.05, 0.1) is 19.2 Å². The first-order valence-electron chi connectivity index (χ1n) is 8.91. The number of rotatable bonds is 6. The van der Waals surface area contributed by atoms with Gasteiger partial charge in [0.15, 0.2) is 5.96 Å². The number of guanidine groups is 1. The van der Waals surface area contributed by atoms with Gasteiger partial charge in [0.25, 0.3) is 0 Å². The molecule has 1 amide bonds. The Morgan fingerprint density at radius 3 is 2.65 bits per heavy atom. The van der Waals surface area contributed by atoms with Crippen molar-refractivity contribution in [1.82, 2.24) is 15.5 Å². The molecular formula is C17H32N4O2. The van der Waals surface area contributed by atoms with Crippen LogP contribution in [0, 0.1) is 11.3 Å². The quantitative estimate of drug-likeness (QED) is 0.581. The van der Waals surface area contributed by atoms with Crippen LogP contribution in [0.4, 0.5) is 4.79 Å². The van der Waals surface area contributed by atoms with Gasteiger partial charge in [-0.05, 0) is 44.4 Å². The minimum atomic E-state index is -0.327. The molecule has 1 saturated carbocycles. The normalized spacial score (nSPS) is 21.9. The molecule has 0 radical (unpaired) electrons. The van der Waals surface area contributed by atoms with Crippen LogP contribution in [0.1, 0.15) is 47.0 Å². The average Bonchev–Trinajstić information content (AvgIpc) is 3.26. The van der Waals surface area contributed by atoms with Crippen molar-refractivity contribution < 1.29 is 9.53 Å². The van der Waals surface area contributed by atoms with Gasteiger partial charge in [0, 0.05) is 19.6 Å². The molecule has 0 bridgehead atoms. The van der Waals surface area contributed by atoms with E-state index in [1.807, 2.05) is 6.92 Å². The molecule has 0 aromatic heterocycles. The molecule has 1 unspecified atom stereocenters. The summed E-state index contributed by atoms with van der Waals surface area (Å²) >= 11 is 0. The van der Waals surface area contributed by atoms with Crippen molar-refractivity contribution in [1.29, 1.82) is 0 Å². The lowest BCUT2D eigenvalue weighted by Gasteiger charge is -2.24. The number of carbonyl (C=O) groups is 1. The van der Waals surface area contributed by atoms with E-state index in [9.17, 15) is 4.79 Å². The first-order chi connectivity index (χ1) is 10.9. The van der Waals surface area contributed by atoms with Gasteiger partial charge in [-0.3, -0.25) is 4.99 Å². The van der Waals surface area contributed by atoms with Crippen molar-refractivity contribution >= 4 is 12.1 Å². The zero-order valence-electron chi connectivity index (χ0n) is 15.0. The van der Waals surface area contributed by atoms with Crippen molar-refractivity contribution in [3.63, 3.8) is 0 Å². The van der Waals surface area contributed by atoms with Crippen LogP contribution in [0.15, 0.2) is 4.99 Å². The largest absolute Gasteiger partial charge is 0.450 e. The number of hydrogen-bond donors (Lipinski definition) is 2. The number of aliphatic imine (C=N–C) groups is 1. The Morgan fingerprint density at radius 1 is 1.39 bits per heavy atom. The molecule has 2 rings (SSSR count). The minimum absolute atomic E-state index is 0.0818. The van der Waals surface area contributed by atoms with E-state index in [0.717, 1.165) is 25.6 Å². The van der Waals surface area contributed by atoms with Crippen LogP contribution < -0.4 is 10.6 Å². The molecule has 1 saturated heterocycles. The van der Waals surface area contributed by atoms with E-state index < -0.39 is 0 Å². The maximum atomic E-state index is 11.7. The summed E-state index contributed by atoms with van der Waals surface area (Å²) in [6.45, 7) is 12.4. The molecule has 1 aliphatic heterocycles. The molecule has 2 N–H and O–H groups in total. The Kier molecular flexibility index (Phi) is 6.13. The lowest BCUT2D eigenvalue weighted by Crippen LogP contribution is -2.43. The zero-order chi connectivity index (χ0) is 16.9. The van der Waals surface area contributed by atoms with Crippen LogP contribution in [0.25, 0.3) is 0 Å². The fraction of sp³-hybridized carbons (Fsp3) is 0.882. The van der Waals surface area contributed by atoms with Crippen molar-refractivity contribution in [2.24, 2.45) is 16.3 Å². The second-order valence-electron chi connectivity index (χ2n) is 7.34. The molecule has 132 valence electrons. The van der Waals surface area contributed by atoms with Gasteiger partial charge in [-0.15, -0.1) is 0 Å². The van der Waals surface area contributed by atoms with Crippen molar-refractivity contribution in [3.05, 3.63) is 0 Å². The molecule has 1 heterocycles. The van der Waals surface area contributed by atoms with Crippen LogP contribution in [0.5, 0.6) is 0 Å². The van der Waals surface area contributed by atoms with Gasteiger partial charge < -0.3 is 20.3 Å². The third-order valence-corrected chi connectivity index (χ3v) is 4.52. The number of carbonyl (C=O) groups excluding carboxylic acids is 1. The summed E-state index contributed by atoms with van der Waals surface area (Å²) in [5.74, 6) is 1.51. The van der Waals surface area contributed by atoms with E-state index in [1.54, 1.807) is 0 Å². The maximum Gasteiger partial charge on any atom is 0.407 e. The summed E-state index contributed by atoms with van der Waals surface area (Å²) in [4.78, 5) is 18.8. The van der Waals surface area contributed by atoms with E-state index >= 15 is 0 Å². The zero-order valence-corrected chi connectivity index (χ0v) is 15.0. The Bertz CT molecular complexity index is 432. The molecule has 6 heteroatoms. The summed E-state index contributed by atoms with van der Waals surface area (Å²) in [7, 11) is 0. The summed E-state index contributed by atoms with van der Waals surface area (Å²) in [5, 5.41) is 6.36. The van der Waals surface area contributed by atoms with E-state index in [0.29, 0.717) is 24.5 Å². The SMILES string of the molecule is CCNC(=NCC(NC(=O)OCC)C1CC1)N1CCC(C)(C)C1. The number of nitrogens with zero attached hydrogens (tertiary/aromatic N) is 2. The first-order valence-corrected chi connectivity index (χ1v) is 8.91. The fourth-order valence-electron chi connectivity index (χ4n) is 3.04. The molecule has 0 spiro atoms. The van der Waals surface area contributed by atoms with Crippen molar-refractivity contribution in [2.75, 3.05) is 32.8 Å². The standard InChI is InChI=1S/C17H32N4O2/c1-5-18-15(21-10-9-17(3,4)12-21)19-11-14(13-7-8-13)20-16(22)23-6-2/h13-14H,5-12H2,1-4H3,(H,18,19)(H,20,22). The Hall–Kier alpha value is -1.46. The lowest BCUT2D eigenvalue weighted by molar-refractivity contribution is 0.147. The van der Waals surface area contributed by atoms with Crippen molar-refractivity contribution in [2.45, 2.75) is 53.0 Å². The molecule has 0 aromatic carbocycles. The third-order valence-electron chi connectivity index (χ3n) is 4.52. The number of amides is 1. The Balaban J connectivity index is 1.95. The fourth-order valence-corrected chi connectivity index (χ4v) is 3.04. The Labute approximate surface area is 140 Å². The summed E-state index contributed by atoms with van der Waals surface area (Å²) in [5.41, 5.74) is 0.343. The molecule has 1 aliphatic carbocycles. The highest BCUT2D eigenvalue weighted by Gasteiger charge is 2.34. The van der Waals surface area contributed by atoms with Crippen LogP contribution in [0.3, 0.4) is 0 Å². The topological polar surface area (TPSA) is 66.0 Å². The predicted molar refractivity (Wildman–Crippen MR) is 92.6 cm³/mol. The molecule has 6 nitrogen and oxygen atoms in total. The molecular weight excluding hydrogens is 292 g/mol. The van der Waals surface area contributed by atoms with Crippen molar-refractivity contribution in [3.8, 4) is 0 Å². The molecule has 2 aliphatic rings. The maximum absolute atomic E-state index is 11.7. The van der Waals surface area contributed by atoms with Crippen LogP contribution in [0.2, 0.25) is 0 Å². The smallest absolute Gasteiger partial charge is 0.407 e. The van der Waals surface area contributed by atoms with Crippen LogP contribution in [-0.2, 0) is 4.74 Å². The van der Waals surface area contributed by atoms with Gasteiger partial charge in [-0.2, -0.15) is 0 Å². The van der Waals surface area contributed by atoms with E-state index in [4.69, 9.17) is 9.73 Å².